The number of nitrogens with one attached hydrogen (secondary N) is 1. The van der Waals surface area contributed by atoms with Crippen molar-refractivity contribution in [2.45, 2.75) is 6.54 Å². The minimum Gasteiger partial charge on any atom is -0.398 e. The van der Waals surface area contributed by atoms with Gasteiger partial charge in [-0.3, -0.25) is 14.7 Å². The number of nitrogens with zero attached hydrogens (tertiary/aromatic N) is 2. The first-order valence-electron chi connectivity index (χ1n) is 7.62. The fourth-order valence-corrected chi connectivity index (χ4v) is 2.55. The van der Waals surface area contributed by atoms with Crippen LogP contribution in [0.5, 0.6) is 0 Å². The standard InChI is InChI=1S/C17H20N4O2/c18-16-4-3-13(12-21-6-8-23-9-7-21)10-15(16)17(22)20-14-2-1-5-19-11-14/h1-5,10-11H,6-9,12,18H2,(H,20,22). The van der Waals surface area contributed by atoms with Crippen molar-refractivity contribution in [2.75, 3.05) is 37.4 Å². The Morgan fingerprint density at radius 3 is 2.87 bits per heavy atom. The summed E-state index contributed by atoms with van der Waals surface area (Å²) in [6.45, 7) is 4.10. The minimum atomic E-state index is -0.223. The van der Waals surface area contributed by atoms with E-state index in [1.807, 2.05) is 12.1 Å². The van der Waals surface area contributed by atoms with E-state index in [4.69, 9.17) is 10.5 Å². The zero-order valence-corrected chi connectivity index (χ0v) is 12.9. The summed E-state index contributed by atoms with van der Waals surface area (Å²) in [4.78, 5) is 18.7. The molecule has 6 nitrogen and oxygen atoms in total. The first kappa shape index (κ1) is 15.5. The zero-order chi connectivity index (χ0) is 16.1. The molecule has 0 spiro atoms. The van der Waals surface area contributed by atoms with Gasteiger partial charge in [0.25, 0.3) is 5.91 Å². The van der Waals surface area contributed by atoms with Crippen molar-refractivity contribution in [2.24, 2.45) is 0 Å². The number of carbonyl (C=O) groups excluding carboxylic acids is 1. The number of benzene rings is 1. The molecule has 0 aliphatic carbocycles. The number of aromatic nitrogens is 1. The quantitative estimate of drug-likeness (QED) is 0.841. The van der Waals surface area contributed by atoms with E-state index in [2.05, 4.69) is 15.2 Å². The van der Waals surface area contributed by atoms with E-state index in [1.54, 1.807) is 30.6 Å². The molecule has 0 bridgehead atoms. The average molecular weight is 312 g/mol. The van der Waals surface area contributed by atoms with Gasteiger partial charge in [0.2, 0.25) is 0 Å². The Morgan fingerprint density at radius 2 is 2.13 bits per heavy atom. The lowest BCUT2D eigenvalue weighted by molar-refractivity contribution is 0.0342. The molecule has 120 valence electrons. The second-order valence-electron chi connectivity index (χ2n) is 5.51. The van der Waals surface area contributed by atoms with E-state index in [0.29, 0.717) is 16.9 Å². The zero-order valence-electron chi connectivity index (χ0n) is 12.9. The molecule has 1 fully saturated rings. The maximum atomic E-state index is 12.4. The lowest BCUT2D eigenvalue weighted by Gasteiger charge is -2.26. The molecule has 0 unspecified atom stereocenters. The van der Waals surface area contributed by atoms with Gasteiger partial charge in [-0.05, 0) is 29.8 Å². The third-order valence-electron chi connectivity index (χ3n) is 3.79. The molecule has 1 aliphatic rings. The lowest BCUT2D eigenvalue weighted by Crippen LogP contribution is -2.35. The van der Waals surface area contributed by atoms with Crippen LogP contribution in [0.1, 0.15) is 15.9 Å². The van der Waals surface area contributed by atoms with Crippen molar-refractivity contribution in [1.82, 2.24) is 9.88 Å². The van der Waals surface area contributed by atoms with Crippen LogP contribution in [0.15, 0.2) is 42.7 Å². The van der Waals surface area contributed by atoms with Crippen LogP contribution in [0.4, 0.5) is 11.4 Å². The van der Waals surface area contributed by atoms with Crippen molar-refractivity contribution < 1.29 is 9.53 Å². The molecule has 0 saturated carbocycles. The lowest BCUT2D eigenvalue weighted by atomic mass is 10.1. The molecule has 0 radical (unpaired) electrons. The molecular weight excluding hydrogens is 292 g/mol. The number of rotatable bonds is 4. The minimum absolute atomic E-state index is 0.223. The Bertz CT molecular complexity index is 670. The highest BCUT2D eigenvalue weighted by atomic mass is 16.5. The number of hydrogen-bond donors (Lipinski definition) is 2. The molecule has 1 aromatic heterocycles. The Kier molecular flexibility index (Phi) is 4.85. The van der Waals surface area contributed by atoms with Crippen molar-refractivity contribution in [3.8, 4) is 0 Å². The molecule has 1 aliphatic heterocycles. The Morgan fingerprint density at radius 1 is 1.30 bits per heavy atom. The molecule has 3 rings (SSSR count). The van der Waals surface area contributed by atoms with Crippen LogP contribution in [-0.4, -0.2) is 42.1 Å². The number of carbonyl (C=O) groups is 1. The summed E-state index contributed by atoms with van der Waals surface area (Å²) in [5.74, 6) is -0.223. The van der Waals surface area contributed by atoms with E-state index in [1.165, 1.54) is 0 Å². The van der Waals surface area contributed by atoms with Gasteiger partial charge < -0.3 is 15.8 Å². The fraction of sp³-hybridized carbons (Fsp3) is 0.294. The predicted octanol–water partition coefficient (Wildman–Crippen LogP) is 1.75. The summed E-state index contributed by atoms with van der Waals surface area (Å²) >= 11 is 0. The average Bonchev–Trinajstić information content (AvgIpc) is 2.58. The Hall–Kier alpha value is -2.44. The van der Waals surface area contributed by atoms with E-state index in [-0.39, 0.29) is 5.91 Å². The van der Waals surface area contributed by atoms with Gasteiger partial charge >= 0.3 is 0 Å². The van der Waals surface area contributed by atoms with E-state index < -0.39 is 0 Å². The van der Waals surface area contributed by atoms with Gasteiger partial charge in [-0.15, -0.1) is 0 Å². The van der Waals surface area contributed by atoms with Gasteiger partial charge in [-0.25, -0.2) is 0 Å². The summed E-state index contributed by atoms with van der Waals surface area (Å²) < 4.78 is 5.35. The maximum Gasteiger partial charge on any atom is 0.257 e. The van der Waals surface area contributed by atoms with E-state index >= 15 is 0 Å². The van der Waals surface area contributed by atoms with Crippen LogP contribution in [0, 0.1) is 0 Å². The molecule has 6 heteroatoms. The monoisotopic (exact) mass is 312 g/mol. The van der Waals surface area contributed by atoms with Crippen LogP contribution < -0.4 is 11.1 Å². The summed E-state index contributed by atoms with van der Waals surface area (Å²) in [5, 5.41) is 2.81. The predicted molar refractivity (Wildman–Crippen MR) is 89.1 cm³/mol. The highest BCUT2D eigenvalue weighted by Gasteiger charge is 2.14. The van der Waals surface area contributed by atoms with Crippen molar-refractivity contribution in [1.29, 1.82) is 0 Å². The van der Waals surface area contributed by atoms with Crippen LogP contribution in [-0.2, 0) is 11.3 Å². The fourth-order valence-electron chi connectivity index (χ4n) is 2.55. The van der Waals surface area contributed by atoms with Crippen molar-refractivity contribution >= 4 is 17.3 Å². The first-order valence-corrected chi connectivity index (χ1v) is 7.62. The summed E-state index contributed by atoms with van der Waals surface area (Å²) in [6.07, 6.45) is 3.26. The van der Waals surface area contributed by atoms with Crippen LogP contribution in [0.2, 0.25) is 0 Å². The Balaban J connectivity index is 1.73. The number of ether oxygens (including phenoxy) is 1. The van der Waals surface area contributed by atoms with E-state index in [9.17, 15) is 4.79 Å². The molecule has 0 atom stereocenters. The smallest absolute Gasteiger partial charge is 0.257 e. The van der Waals surface area contributed by atoms with Gasteiger partial charge in [0.15, 0.2) is 0 Å². The number of anilines is 2. The SMILES string of the molecule is Nc1ccc(CN2CCOCC2)cc1C(=O)Nc1cccnc1. The summed E-state index contributed by atoms with van der Waals surface area (Å²) in [5.41, 5.74) is 8.64. The molecule has 23 heavy (non-hydrogen) atoms. The molecule has 1 saturated heterocycles. The topological polar surface area (TPSA) is 80.5 Å². The van der Waals surface area contributed by atoms with Gasteiger partial charge in [0.1, 0.15) is 0 Å². The van der Waals surface area contributed by atoms with Gasteiger partial charge in [0.05, 0.1) is 30.7 Å². The van der Waals surface area contributed by atoms with Crippen LogP contribution >= 0.6 is 0 Å². The molecular formula is C17H20N4O2. The summed E-state index contributed by atoms with van der Waals surface area (Å²) in [7, 11) is 0. The first-order chi connectivity index (χ1) is 11.2. The van der Waals surface area contributed by atoms with Crippen molar-refractivity contribution in [3.05, 3.63) is 53.9 Å². The molecule has 1 amide bonds. The Labute approximate surface area is 135 Å². The number of nitrogen functional groups attached to an aromatic ring is 1. The largest absolute Gasteiger partial charge is 0.398 e. The number of amides is 1. The highest BCUT2D eigenvalue weighted by Crippen LogP contribution is 2.18. The van der Waals surface area contributed by atoms with Gasteiger partial charge in [0, 0.05) is 31.5 Å². The second kappa shape index (κ2) is 7.21. The van der Waals surface area contributed by atoms with Gasteiger partial charge in [-0.1, -0.05) is 6.07 Å². The maximum absolute atomic E-state index is 12.4. The highest BCUT2D eigenvalue weighted by molar-refractivity contribution is 6.07. The summed E-state index contributed by atoms with van der Waals surface area (Å²) in [6, 6.07) is 9.17. The van der Waals surface area contributed by atoms with Crippen molar-refractivity contribution in [3.63, 3.8) is 0 Å². The van der Waals surface area contributed by atoms with E-state index in [0.717, 1.165) is 38.4 Å². The third-order valence-corrected chi connectivity index (χ3v) is 3.79. The third kappa shape index (κ3) is 4.06. The molecule has 2 heterocycles. The van der Waals surface area contributed by atoms with Gasteiger partial charge in [-0.2, -0.15) is 0 Å². The number of nitrogens with two attached hydrogens (primary N) is 1. The molecule has 2 aromatic rings. The number of morpholine rings is 1. The molecule has 3 N–H and O–H groups in total. The van der Waals surface area contributed by atoms with Crippen LogP contribution in [0.3, 0.4) is 0 Å². The van der Waals surface area contributed by atoms with Crippen LogP contribution in [0.25, 0.3) is 0 Å². The second-order valence-corrected chi connectivity index (χ2v) is 5.51. The molecule has 1 aromatic carbocycles. The number of pyridine rings is 1. The number of hydrogen-bond acceptors (Lipinski definition) is 5. The normalized spacial score (nSPS) is 15.3.